The highest BCUT2D eigenvalue weighted by Gasteiger charge is 2.36. The molecule has 55 heavy (non-hydrogen) atoms. The van der Waals surface area contributed by atoms with Gasteiger partial charge in [-0.05, 0) is 120 Å². The zero-order chi connectivity index (χ0) is 37.3. The van der Waals surface area contributed by atoms with E-state index in [4.69, 9.17) is 0 Å². The number of benzene rings is 8. The van der Waals surface area contributed by atoms with E-state index in [0.29, 0.717) is 0 Å². The molecule has 0 spiro atoms. The van der Waals surface area contributed by atoms with Gasteiger partial charge in [0.15, 0.2) is 0 Å². The lowest BCUT2D eigenvalue weighted by Gasteiger charge is -2.28. The van der Waals surface area contributed by atoms with Gasteiger partial charge in [0.2, 0.25) is 0 Å². The van der Waals surface area contributed by atoms with Crippen LogP contribution in [-0.4, -0.2) is 0 Å². The molecular formula is C54H43N. The van der Waals surface area contributed by atoms with E-state index >= 15 is 0 Å². The van der Waals surface area contributed by atoms with Crippen LogP contribution < -0.4 is 4.90 Å². The maximum absolute atomic E-state index is 2.42. The van der Waals surface area contributed by atoms with E-state index in [9.17, 15) is 0 Å². The van der Waals surface area contributed by atoms with Gasteiger partial charge in [-0.15, -0.1) is 0 Å². The van der Waals surface area contributed by atoms with Gasteiger partial charge in [0.25, 0.3) is 0 Å². The largest absolute Gasteiger partial charge is 0.310 e. The molecule has 0 unspecified atom stereocenters. The molecule has 8 aromatic rings. The van der Waals surface area contributed by atoms with Crippen molar-refractivity contribution in [3.63, 3.8) is 0 Å². The van der Waals surface area contributed by atoms with E-state index in [2.05, 4.69) is 221 Å². The highest BCUT2D eigenvalue weighted by molar-refractivity contribution is 5.87. The monoisotopic (exact) mass is 705 g/mol. The third-order valence-electron chi connectivity index (χ3n) is 12.3. The van der Waals surface area contributed by atoms with Gasteiger partial charge in [-0.2, -0.15) is 0 Å². The van der Waals surface area contributed by atoms with Crippen LogP contribution in [0.4, 0.5) is 17.1 Å². The van der Waals surface area contributed by atoms with Crippen LogP contribution in [0.5, 0.6) is 0 Å². The Morgan fingerprint density at radius 2 is 0.618 bits per heavy atom. The van der Waals surface area contributed by atoms with E-state index in [1.54, 1.807) is 0 Å². The van der Waals surface area contributed by atoms with Gasteiger partial charge in [0, 0.05) is 27.9 Å². The van der Waals surface area contributed by atoms with Crippen LogP contribution in [-0.2, 0) is 10.8 Å². The molecule has 0 N–H and O–H groups in total. The smallest absolute Gasteiger partial charge is 0.0465 e. The molecular weight excluding hydrogens is 663 g/mol. The molecule has 1 heteroatoms. The van der Waals surface area contributed by atoms with Crippen LogP contribution >= 0.6 is 0 Å². The Hall–Kier alpha value is -6.44. The van der Waals surface area contributed by atoms with Crippen LogP contribution in [0.2, 0.25) is 0 Å². The Labute approximate surface area is 325 Å². The molecule has 0 saturated heterocycles. The van der Waals surface area contributed by atoms with E-state index in [-0.39, 0.29) is 10.8 Å². The van der Waals surface area contributed by atoms with Crippen molar-refractivity contribution in [2.45, 2.75) is 38.5 Å². The summed E-state index contributed by atoms with van der Waals surface area (Å²) in [6.07, 6.45) is 0. The number of rotatable bonds is 6. The first-order chi connectivity index (χ1) is 26.8. The second kappa shape index (κ2) is 12.6. The molecule has 0 saturated carbocycles. The number of fused-ring (bicyclic) bond motifs is 6. The quantitative estimate of drug-likeness (QED) is 0.166. The number of hydrogen-bond donors (Lipinski definition) is 0. The van der Waals surface area contributed by atoms with Crippen molar-refractivity contribution in [1.29, 1.82) is 0 Å². The van der Waals surface area contributed by atoms with Crippen molar-refractivity contribution >= 4 is 17.1 Å². The van der Waals surface area contributed by atoms with Gasteiger partial charge >= 0.3 is 0 Å². The van der Waals surface area contributed by atoms with Crippen LogP contribution in [0.3, 0.4) is 0 Å². The maximum atomic E-state index is 2.42. The molecule has 264 valence electrons. The summed E-state index contributed by atoms with van der Waals surface area (Å²) in [6, 6.07) is 69.4. The second-order valence-corrected chi connectivity index (χ2v) is 16.2. The number of hydrogen-bond acceptors (Lipinski definition) is 1. The first-order valence-electron chi connectivity index (χ1n) is 19.4. The molecule has 0 aromatic heterocycles. The van der Waals surface area contributed by atoms with Gasteiger partial charge in [-0.1, -0.05) is 173 Å². The molecule has 0 fully saturated rings. The summed E-state index contributed by atoms with van der Waals surface area (Å²) in [5.41, 5.74) is 21.6. The standard InChI is InChI=1S/C54H43N/c1-53(2)49-16-10-8-14-45(49)47-32-26-41(34-51(47)53)40-24-29-43(30-25-40)55(44-31-33-48-46-15-9-11-17-50(46)54(3,4)52(48)35-44)42-27-22-39(23-28-42)38-20-18-37(19-21-38)36-12-6-5-7-13-36/h5-35H,1-4H3. The predicted octanol–water partition coefficient (Wildman–Crippen LogP) is 14.8. The molecule has 1 nitrogen and oxygen atoms in total. The Balaban J connectivity index is 1.03. The van der Waals surface area contributed by atoms with E-state index in [0.717, 1.165) is 17.1 Å². The second-order valence-electron chi connectivity index (χ2n) is 16.2. The predicted molar refractivity (Wildman–Crippen MR) is 233 cm³/mol. The zero-order valence-corrected chi connectivity index (χ0v) is 31.8. The Morgan fingerprint density at radius 3 is 1.15 bits per heavy atom. The summed E-state index contributed by atoms with van der Waals surface area (Å²) in [4.78, 5) is 2.41. The summed E-state index contributed by atoms with van der Waals surface area (Å²) in [7, 11) is 0. The highest BCUT2D eigenvalue weighted by Crippen LogP contribution is 2.52. The van der Waals surface area contributed by atoms with Crippen molar-refractivity contribution in [3.05, 3.63) is 210 Å². The zero-order valence-electron chi connectivity index (χ0n) is 31.8. The SMILES string of the molecule is CC1(C)c2ccccc2-c2ccc(-c3ccc(N(c4ccc(-c5ccc(-c6ccccc6)cc5)cc4)c4ccc5c(c4)C(C)(C)c4ccccc4-5)cc3)cc21. The average molecular weight is 706 g/mol. The summed E-state index contributed by atoms with van der Waals surface area (Å²) in [5, 5.41) is 0. The van der Waals surface area contributed by atoms with E-state index in [1.807, 2.05) is 0 Å². The fourth-order valence-corrected chi connectivity index (χ4v) is 9.25. The maximum Gasteiger partial charge on any atom is 0.0465 e. The van der Waals surface area contributed by atoms with Crippen LogP contribution in [0, 0.1) is 0 Å². The normalized spacial score (nSPS) is 14.1. The molecule has 0 bridgehead atoms. The summed E-state index contributed by atoms with van der Waals surface area (Å²) >= 11 is 0. The lowest BCUT2D eigenvalue weighted by Crippen LogP contribution is -2.16. The van der Waals surface area contributed by atoms with Crippen LogP contribution in [0.25, 0.3) is 55.6 Å². The van der Waals surface area contributed by atoms with Crippen molar-refractivity contribution in [2.75, 3.05) is 4.90 Å². The number of nitrogens with zero attached hydrogens (tertiary/aromatic N) is 1. The van der Waals surface area contributed by atoms with Gasteiger partial charge in [-0.25, -0.2) is 0 Å². The van der Waals surface area contributed by atoms with Crippen LogP contribution in [0.1, 0.15) is 49.9 Å². The van der Waals surface area contributed by atoms with Gasteiger partial charge in [0.1, 0.15) is 0 Å². The minimum atomic E-state index is -0.0890. The topological polar surface area (TPSA) is 3.24 Å². The molecule has 8 aromatic carbocycles. The molecule has 10 rings (SSSR count). The Kier molecular flexibility index (Phi) is 7.58. The van der Waals surface area contributed by atoms with Crippen molar-refractivity contribution in [2.24, 2.45) is 0 Å². The fourth-order valence-electron chi connectivity index (χ4n) is 9.25. The van der Waals surface area contributed by atoms with Crippen molar-refractivity contribution < 1.29 is 0 Å². The first-order valence-corrected chi connectivity index (χ1v) is 19.4. The fraction of sp³-hybridized carbons (Fsp3) is 0.111. The minimum Gasteiger partial charge on any atom is -0.310 e. The number of anilines is 3. The van der Waals surface area contributed by atoms with E-state index < -0.39 is 0 Å². The van der Waals surface area contributed by atoms with E-state index in [1.165, 1.54) is 77.9 Å². The summed E-state index contributed by atoms with van der Waals surface area (Å²) < 4.78 is 0. The first kappa shape index (κ1) is 33.2. The third-order valence-corrected chi connectivity index (χ3v) is 12.3. The van der Waals surface area contributed by atoms with Crippen LogP contribution in [0.15, 0.2) is 188 Å². The van der Waals surface area contributed by atoms with Gasteiger partial charge < -0.3 is 4.90 Å². The minimum absolute atomic E-state index is 0.0320. The Bertz CT molecular complexity index is 2720. The average Bonchev–Trinajstić information content (AvgIpc) is 3.61. The molecule has 0 atom stereocenters. The molecule has 0 heterocycles. The summed E-state index contributed by atoms with van der Waals surface area (Å²) in [5.74, 6) is 0. The lowest BCUT2D eigenvalue weighted by molar-refractivity contribution is 0.660. The molecule has 0 aliphatic heterocycles. The lowest BCUT2D eigenvalue weighted by atomic mass is 9.81. The highest BCUT2D eigenvalue weighted by atomic mass is 15.1. The molecule has 2 aliphatic rings. The Morgan fingerprint density at radius 1 is 0.273 bits per heavy atom. The van der Waals surface area contributed by atoms with Crippen molar-refractivity contribution in [1.82, 2.24) is 0 Å². The van der Waals surface area contributed by atoms with Gasteiger partial charge in [0.05, 0.1) is 0 Å². The molecule has 0 amide bonds. The van der Waals surface area contributed by atoms with Gasteiger partial charge in [-0.3, -0.25) is 0 Å². The van der Waals surface area contributed by atoms with Crippen molar-refractivity contribution in [3.8, 4) is 55.6 Å². The molecule has 2 aliphatic carbocycles. The molecule has 0 radical (unpaired) electrons. The third kappa shape index (κ3) is 5.37. The summed E-state index contributed by atoms with van der Waals surface area (Å²) in [6.45, 7) is 9.41.